The van der Waals surface area contributed by atoms with Crippen LogP contribution in [0.15, 0.2) is 36.5 Å². The molecule has 1 aromatic carbocycles. The Labute approximate surface area is 101 Å². The van der Waals surface area contributed by atoms with Gasteiger partial charge in [-0.3, -0.25) is 4.98 Å². The summed E-state index contributed by atoms with van der Waals surface area (Å²) in [5.41, 5.74) is 2.24. The maximum Gasteiger partial charge on any atom is 0.0722 e. The van der Waals surface area contributed by atoms with Gasteiger partial charge in [0.05, 0.1) is 5.52 Å². The summed E-state index contributed by atoms with van der Waals surface area (Å²) in [6.07, 6.45) is 4.44. The summed E-state index contributed by atoms with van der Waals surface area (Å²) < 4.78 is 0. The van der Waals surface area contributed by atoms with Gasteiger partial charge in [-0.1, -0.05) is 18.2 Å². The zero-order valence-corrected chi connectivity index (χ0v) is 9.82. The number of nitrogens with zero attached hydrogens (tertiary/aromatic N) is 1. The summed E-state index contributed by atoms with van der Waals surface area (Å²) in [5, 5.41) is 8.23. The van der Waals surface area contributed by atoms with Crippen LogP contribution in [0, 0.1) is 0 Å². The second kappa shape index (κ2) is 4.72. The van der Waals surface area contributed by atoms with E-state index in [9.17, 15) is 0 Å². The summed E-state index contributed by atoms with van der Waals surface area (Å²) in [6.45, 7) is 2.15. The first-order valence-electron chi connectivity index (χ1n) is 6.24. The van der Waals surface area contributed by atoms with Crippen LogP contribution < -0.4 is 10.6 Å². The number of hydrogen-bond acceptors (Lipinski definition) is 3. The van der Waals surface area contributed by atoms with Crippen LogP contribution in [-0.4, -0.2) is 24.1 Å². The van der Waals surface area contributed by atoms with E-state index in [2.05, 4.69) is 33.8 Å². The van der Waals surface area contributed by atoms with Gasteiger partial charge in [-0.15, -0.1) is 0 Å². The van der Waals surface area contributed by atoms with Gasteiger partial charge >= 0.3 is 0 Å². The van der Waals surface area contributed by atoms with Crippen molar-refractivity contribution in [2.75, 3.05) is 18.4 Å². The Kier molecular flexibility index (Phi) is 2.92. The molecule has 0 saturated carbocycles. The van der Waals surface area contributed by atoms with Gasteiger partial charge in [-0.05, 0) is 31.5 Å². The second-order valence-electron chi connectivity index (χ2n) is 4.55. The van der Waals surface area contributed by atoms with Crippen molar-refractivity contribution in [2.24, 2.45) is 0 Å². The fourth-order valence-corrected chi connectivity index (χ4v) is 2.41. The van der Waals surface area contributed by atoms with Gasteiger partial charge in [0, 0.05) is 29.9 Å². The van der Waals surface area contributed by atoms with Crippen LogP contribution in [0.4, 0.5) is 5.69 Å². The van der Waals surface area contributed by atoms with Crippen LogP contribution in [0.2, 0.25) is 0 Å². The van der Waals surface area contributed by atoms with Crippen molar-refractivity contribution >= 4 is 16.6 Å². The van der Waals surface area contributed by atoms with E-state index in [0.29, 0.717) is 6.04 Å². The monoisotopic (exact) mass is 227 g/mol. The third-order valence-electron chi connectivity index (χ3n) is 3.35. The Balaban J connectivity index is 1.79. The predicted molar refractivity (Wildman–Crippen MR) is 71.3 cm³/mol. The number of anilines is 1. The minimum Gasteiger partial charge on any atom is -0.383 e. The maximum absolute atomic E-state index is 4.37. The van der Waals surface area contributed by atoms with Gasteiger partial charge in [0.2, 0.25) is 0 Å². The molecule has 3 rings (SSSR count). The Bertz CT molecular complexity index is 498. The van der Waals surface area contributed by atoms with Crippen molar-refractivity contribution in [2.45, 2.75) is 18.9 Å². The molecule has 0 spiro atoms. The number of hydrogen-bond donors (Lipinski definition) is 2. The van der Waals surface area contributed by atoms with Crippen molar-refractivity contribution in [3.05, 3.63) is 36.5 Å². The molecular weight excluding hydrogens is 210 g/mol. The summed E-state index contributed by atoms with van der Waals surface area (Å²) >= 11 is 0. The first-order valence-corrected chi connectivity index (χ1v) is 6.24. The van der Waals surface area contributed by atoms with E-state index < -0.39 is 0 Å². The van der Waals surface area contributed by atoms with Crippen LogP contribution in [0.3, 0.4) is 0 Å². The van der Waals surface area contributed by atoms with Gasteiger partial charge in [0.25, 0.3) is 0 Å². The van der Waals surface area contributed by atoms with E-state index in [1.54, 1.807) is 0 Å². The van der Waals surface area contributed by atoms with Crippen LogP contribution in [0.5, 0.6) is 0 Å². The van der Waals surface area contributed by atoms with Crippen LogP contribution in [-0.2, 0) is 0 Å². The fraction of sp³-hybridized carbons (Fsp3) is 0.357. The van der Waals surface area contributed by atoms with Crippen molar-refractivity contribution in [3.8, 4) is 0 Å². The Morgan fingerprint density at radius 1 is 1.29 bits per heavy atom. The lowest BCUT2D eigenvalue weighted by Crippen LogP contribution is -2.29. The number of pyridine rings is 1. The van der Waals surface area contributed by atoms with Gasteiger partial charge in [0.15, 0.2) is 0 Å². The quantitative estimate of drug-likeness (QED) is 0.845. The molecule has 0 amide bonds. The molecule has 1 fully saturated rings. The minimum atomic E-state index is 0.613. The first kappa shape index (κ1) is 10.5. The van der Waals surface area contributed by atoms with E-state index in [4.69, 9.17) is 0 Å². The molecule has 1 unspecified atom stereocenters. The molecule has 0 aliphatic carbocycles. The molecule has 3 nitrogen and oxygen atoms in total. The summed E-state index contributed by atoms with van der Waals surface area (Å²) in [6, 6.07) is 10.9. The van der Waals surface area contributed by atoms with Gasteiger partial charge in [-0.25, -0.2) is 0 Å². The second-order valence-corrected chi connectivity index (χ2v) is 4.55. The average Bonchev–Trinajstić information content (AvgIpc) is 2.89. The van der Waals surface area contributed by atoms with E-state index in [1.165, 1.54) is 23.9 Å². The molecule has 2 N–H and O–H groups in total. The highest BCUT2D eigenvalue weighted by Gasteiger charge is 2.13. The first-order chi connectivity index (χ1) is 8.43. The topological polar surface area (TPSA) is 37.0 Å². The smallest absolute Gasteiger partial charge is 0.0722 e. The van der Waals surface area contributed by atoms with Crippen LogP contribution in [0.25, 0.3) is 10.9 Å². The number of nitrogens with one attached hydrogen (secondary N) is 2. The molecule has 17 heavy (non-hydrogen) atoms. The van der Waals surface area contributed by atoms with Gasteiger partial charge in [-0.2, -0.15) is 0 Å². The predicted octanol–water partition coefficient (Wildman–Crippen LogP) is 2.40. The third-order valence-corrected chi connectivity index (χ3v) is 3.35. The number of fused-ring (bicyclic) bond motifs is 1. The molecule has 2 aromatic rings. The fourth-order valence-electron chi connectivity index (χ4n) is 2.41. The van der Waals surface area contributed by atoms with Crippen molar-refractivity contribution in [1.82, 2.24) is 10.3 Å². The standard InChI is InChI=1S/C14H17N3/c1-2-6-13-12(5-1)14(7-9-16-13)17-10-11-4-3-8-15-11/h1-2,5-7,9,11,15H,3-4,8,10H2,(H,16,17). The van der Waals surface area contributed by atoms with Gasteiger partial charge < -0.3 is 10.6 Å². The van der Waals surface area contributed by atoms with Crippen molar-refractivity contribution < 1.29 is 0 Å². The lowest BCUT2D eigenvalue weighted by Gasteiger charge is -2.13. The highest BCUT2D eigenvalue weighted by molar-refractivity contribution is 5.90. The summed E-state index contributed by atoms with van der Waals surface area (Å²) in [7, 11) is 0. The molecule has 1 atom stereocenters. The highest BCUT2D eigenvalue weighted by Crippen LogP contribution is 2.21. The number of para-hydroxylation sites is 1. The molecule has 1 aromatic heterocycles. The summed E-state index contributed by atoms with van der Waals surface area (Å²) in [5.74, 6) is 0. The molecule has 1 aliphatic rings. The number of aromatic nitrogens is 1. The maximum atomic E-state index is 4.37. The Hall–Kier alpha value is -1.61. The molecule has 88 valence electrons. The normalized spacial score (nSPS) is 19.6. The molecule has 0 bridgehead atoms. The zero-order chi connectivity index (χ0) is 11.5. The summed E-state index contributed by atoms with van der Waals surface area (Å²) in [4.78, 5) is 4.37. The van der Waals surface area contributed by atoms with E-state index in [1.807, 2.05) is 18.3 Å². The lowest BCUT2D eigenvalue weighted by molar-refractivity contribution is 0.634. The highest BCUT2D eigenvalue weighted by atomic mass is 15.0. The van der Waals surface area contributed by atoms with Crippen molar-refractivity contribution in [1.29, 1.82) is 0 Å². The molecule has 1 aliphatic heterocycles. The third kappa shape index (κ3) is 2.24. The van der Waals surface area contributed by atoms with E-state index in [-0.39, 0.29) is 0 Å². The lowest BCUT2D eigenvalue weighted by atomic mass is 10.1. The molecule has 3 heteroatoms. The molecule has 2 heterocycles. The molecule has 0 radical (unpaired) electrons. The zero-order valence-electron chi connectivity index (χ0n) is 9.82. The van der Waals surface area contributed by atoms with Crippen LogP contribution in [0.1, 0.15) is 12.8 Å². The largest absolute Gasteiger partial charge is 0.383 e. The van der Waals surface area contributed by atoms with E-state index >= 15 is 0 Å². The Morgan fingerprint density at radius 3 is 3.12 bits per heavy atom. The number of rotatable bonds is 3. The van der Waals surface area contributed by atoms with Crippen LogP contribution >= 0.6 is 0 Å². The SMILES string of the molecule is c1ccc2c(NCC3CCCN3)ccnc2c1. The average molecular weight is 227 g/mol. The van der Waals surface area contributed by atoms with E-state index in [0.717, 1.165) is 18.6 Å². The Morgan fingerprint density at radius 2 is 2.24 bits per heavy atom. The van der Waals surface area contributed by atoms with Gasteiger partial charge in [0.1, 0.15) is 0 Å². The number of benzene rings is 1. The molecular formula is C14H17N3. The minimum absolute atomic E-state index is 0.613. The molecule has 1 saturated heterocycles. The van der Waals surface area contributed by atoms with Crippen molar-refractivity contribution in [3.63, 3.8) is 0 Å².